The molecule has 1 amide bonds. The van der Waals surface area contributed by atoms with E-state index in [9.17, 15) is 4.79 Å². The van der Waals surface area contributed by atoms with Crippen LogP contribution in [0.5, 0.6) is 0 Å². The molecule has 3 nitrogen and oxygen atoms in total. The van der Waals surface area contributed by atoms with Crippen LogP contribution in [0.25, 0.3) is 0 Å². The summed E-state index contributed by atoms with van der Waals surface area (Å²) >= 11 is 0. The van der Waals surface area contributed by atoms with Crippen LogP contribution in [0.15, 0.2) is 30.3 Å². The third kappa shape index (κ3) is 4.67. The molecule has 1 aliphatic rings. The predicted octanol–water partition coefficient (Wildman–Crippen LogP) is 1.77. The van der Waals surface area contributed by atoms with Gasteiger partial charge in [-0.3, -0.25) is 4.79 Å². The average Bonchev–Trinajstić information content (AvgIpc) is 2.89. The Morgan fingerprint density at radius 1 is 1.33 bits per heavy atom. The number of carbonyl (C=O) groups excluding carboxylic acids is 1. The monoisotopic (exact) mass is 268 g/mol. The normalized spacial score (nSPS) is 18.1. The summed E-state index contributed by atoms with van der Waals surface area (Å²) in [6, 6.07) is 10.4. The lowest BCUT2D eigenvalue weighted by Crippen LogP contribution is -2.32. The first-order valence-corrected chi connectivity index (χ1v) is 6.38. The fraction of sp³-hybridized carbons (Fsp3) is 0.500. The average molecular weight is 269 g/mol. The van der Waals surface area contributed by atoms with Crippen molar-refractivity contribution in [2.24, 2.45) is 5.92 Å². The second-order valence-electron chi connectivity index (χ2n) is 4.57. The second kappa shape index (κ2) is 8.11. The Labute approximate surface area is 115 Å². The summed E-state index contributed by atoms with van der Waals surface area (Å²) in [6.07, 6.45) is 3.02. The van der Waals surface area contributed by atoms with Crippen molar-refractivity contribution in [3.63, 3.8) is 0 Å². The molecule has 100 valence electrons. The van der Waals surface area contributed by atoms with Crippen molar-refractivity contribution in [2.75, 3.05) is 19.6 Å². The van der Waals surface area contributed by atoms with E-state index in [-0.39, 0.29) is 24.2 Å². The van der Waals surface area contributed by atoms with Crippen LogP contribution in [0.3, 0.4) is 0 Å². The smallest absolute Gasteiger partial charge is 0.224 e. The van der Waals surface area contributed by atoms with Gasteiger partial charge in [-0.1, -0.05) is 30.3 Å². The lowest BCUT2D eigenvalue weighted by molar-refractivity contribution is -0.124. The topological polar surface area (TPSA) is 41.1 Å². The van der Waals surface area contributed by atoms with Crippen molar-refractivity contribution >= 4 is 18.3 Å². The fourth-order valence-electron chi connectivity index (χ4n) is 2.17. The van der Waals surface area contributed by atoms with Gasteiger partial charge < -0.3 is 10.6 Å². The van der Waals surface area contributed by atoms with Crippen LogP contribution in [0.4, 0.5) is 0 Å². The molecule has 1 aliphatic heterocycles. The van der Waals surface area contributed by atoms with Gasteiger partial charge in [-0.15, -0.1) is 12.4 Å². The first-order valence-electron chi connectivity index (χ1n) is 6.38. The Balaban J connectivity index is 0.00000162. The van der Waals surface area contributed by atoms with Gasteiger partial charge in [0.05, 0.1) is 5.92 Å². The van der Waals surface area contributed by atoms with Crippen LogP contribution in [-0.4, -0.2) is 25.5 Å². The summed E-state index contributed by atoms with van der Waals surface area (Å²) < 4.78 is 0. The maximum Gasteiger partial charge on any atom is 0.224 e. The summed E-state index contributed by atoms with van der Waals surface area (Å²) in [5.41, 5.74) is 1.34. The van der Waals surface area contributed by atoms with Gasteiger partial charge in [-0.2, -0.15) is 0 Å². The van der Waals surface area contributed by atoms with Gasteiger partial charge in [0.25, 0.3) is 0 Å². The standard InChI is InChI=1S/C14H20N2O.ClH/c17-14(13-8-10-15-11-13)16-9-4-7-12-5-2-1-3-6-12;/h1-3,5-6,13,15H,4,7-11H2,(H,16,17);1H. The van der Waals surface area contributed by atoms with Crippen LogP contribution in [-0.2, 0) is 11.2 Å². The summed E-state index contributed by atoms with van der Waals surface area (Å²) in [5.74, 6) is 0.398. The second-order valence-corrected chi connectivity index (χ2v) is 4.57. The van der Waals surface area contributed by atoms with E-state index in [0.717, 1.165) is 38.9 Å². The highest BCUT2D eigenvalue weighted by atomic mass is 35.5. The summed E-state index contributed by atoms with van der Waals surface area (Å²) in [4.78, 5) is 11.7. The van der Waals surface area contributed by atoms with E-state index in [1.54, 1.807) is 0 Å². The van der Waals surface area contributed by atoms with Crippen LogP contribution in [0, 0.1) is 5.92 Å². The van der Waals surface area contributed by atoms with Gasteiger partial charge in [-0.25, -0.2) is 0 Å². The van der Waals surface area contributed by atoms with E-state index >= 15 is 0 Å². The minimum Gasteiger partial charge on any atom is -0.356 e. The SMILES string of the molecule is Cl.O=C(NCCCc1ccccc1)C1CCNC1. The molecular formula is C14H21ClN2O. The minimum absolute atomic E-state index is 0. The molecule has 1 aromatic carbocycles. The lowest BCUT2D eigenvalue weighted by Gasteiger charge is -2.09. The van der Waals surface area contributed by atoms with Gasteiger partial charge in [0.2, 0.25) is 5.91 Å². The van der Waals surface area contributed by atoms with E-state index in [2.05, 4.69) is 34.9 Å². The van der Waals surface area contributed by atoms with Crippen molar-refractivity contribution in [1.82, 2.24) is 10.6 Å². The van der Waals surface area contributed by atoms with Crippen LogP contribution in [0.1, 0.15) is 18.4 Å². The molecule has 0 spiro atoms. The molecule has 2 rings (SSSR count). The Kier molecular flexibility index (Phi) is 6.76. The van der Waals surface area contributed by atoms with Gasteiger partial charge in [-0.05, 0) is 31.4 Å². The molecule has 0 aromatic heterocycles. The third-order valence-electron chi connectivity index (χ3n) is 3.22. The first kappa shape index (κ1) is 15.0. The number of rotatable bonds is 5. The number of nitrogens with one attached hydrogen (secondary N) is 2. The molecule has 1 fully saturated rings. The maximum absolute atomic E-state index is 11.7. The summed E-state index contributed by atoms with van der Waals surface area (Å²) in [7, 11) is 0. The molecule has 0 radical (unpaired) electrons. The zero-order valence-electron chi connectivity index (χ0n) is 10.5. The van der Waals surface area contributed by atoms with E-state index in [0.29, 0.717) is 0 Å². The molecule has 1 saturated heterocycles. The van der Waals surface area contributed by atoms with Gasteiger partial charge in [0.15, 0.2) is 0 Å². The zero-order valence-corrected chi connectivity index (χ0v) is 11.3. The molecule has 1 heterocycles. The molecule has 18 heavy (non-hydrogen) atoms. The number of aryl methyl sites for hydroxylation is 1. The molecule has 2 N–H and O–H groups in total. The highest BCUT2D eigenvalue weighted by Gasteiger charge is 2.21. The maximum atomic E-state index is 11.7. The molecule has 1 atom stereocenters. The van der Waals surface area contributed by atoms with Gasteiger partial charge >= 0.3 is 0 Å². The first-order chi connectivity index (χ1) is 8.36. The van der Waals surface area contributed by atoms with Crippen LogP contribution < -0.4 is 10.6 Å². The lowest BCUT2D eigenvalue weighted by atomic mass is 10.1. The van der Waals surface area contributed by atoms with Crippen LogP contribution in [0.2, 0.25) is 0 Å². The predicted molar refractivity (Wildman–Crippen MR) is 76.0 cm³/mol. The quantitative estimate of drug-likeness (QED) is 0.799. The number of halogens is 1. The van der Waals surface area contributed by atoms with E-state index in [1.807, 2.05) is 6.07 Å². The van der Waals surface area contributed by atoms with Crippen molar-refractivity contribution in [3.8, 4) is 0 Å². The molecule has 0 aliphatic carbocycles. The summed E-state index contributed by atoms with van der Waals surface area (Å²) in [6.45, 7) is 2.59. The fourth-order valence-corrected chi connectivity index (χ4v) is 2.17. The molecule has 4 heteroatoms. The number of benzene rings is 1. The van der Waals surface area contributed by atoms with E-state index < -0.39 is 0 Å². The molecule has 0 saturated carbocycles. The molecule has 1 unspecified atom stereocenters. The Morgan fingerprint density at radius 3 is 2.78 bits per heavy atom. The third-order valence-corrected chi connectivity index (χ3v) is 3.22. The molecule has 0 bridgehead atoms. The van der Waals surface area contributed by atoms with Gasteiger partial charge in [0.1, 0.15) is 0 Å². The molecule has 1 aromatic rings. The zero-order chi connectivity index (χ0) is 11.9. The number of carbonyl (C=O) groups is 1. The largest absolute Gasteiger partial charge is 0.356 e. The van der Waals surface area contributed by atoms with E-state index in [4.69, 9.17) is 0 Å². The molecular weight excluding hydrogens is 248 g/mol. The van der Waals surface area contributed by atoms with Crippen molar-refractivity contribution in [2.45, 2.75) is 19.3 Å². The van der Waals surface area contributed by atoms with Crippen molar-refractivity contribution in [1.29, 1.82) is 0 Å². The van der Waals surface area contributed by atoms with E-state index in [1.165, 1.54) is 5.56 Å². The number of hydrogen-bond acceptors (Lipinski definition) is 2. The van der Waals surface area contributed by atoms with Gasteiger partial charge in [0, 0.05) is 13.1 Å². The number of amides is 1. The number of hydrogen-bond donors (Lipinski definition) is 2. The highest BCUT2D eigenvalue weighted by molar-refractivity contribution is 5.85. The van der Waals surface area contributed by atoms with Crippen molar-refractivity contribution < 1.29 is 4.79 Å². The Bertz CT molecular complexity index is 350. The van der Waals surface area contributed by atoms with Crippen LogP contribution >= 0.6 is 12.4 Å². The Morgan fingerprint density at radius 2 is 2.11 bits per heavy atom. The highest BCUT2D eigenvalue weighted by Crippen LogP contribution is 2.07. The van der Waals surface area contributed by atoms with Crippen molar-refractivity contribution in [3.05, 3.63) is 35.9 Å². The summed E-state index contributed by atoms with van der Waals surface area (Å²) in [5, 5.41) is 6.22. The Hall–Kier alpha value is -1.06. The minimum atomic E-state index is 0.